The number of benzene rings is 2. The number of oxazole rings is 1. The summed E-state index contributed by atoms with van der Waals surface area (Å²) in [5, 5.41) is 10.2. The quantitative estimate of drug-likeness (QED) is 0.647. The van der Waals surface area contributed by atoms with Crippen molar-refractivity contribution in [2.45, 2.75) is 26.2 Å². The number of hydrogen-bond donors (Lipinski definition) is 1. The zero-order valence-corrected chi connectivity index (χ0v) is 18.0. The summed E-state index contributed by atoms with van der Waals surface area (Å²) in [5.41, 5.74) is 3.31. The highest BCUT2D eigenvalue weighted by molar-refractivity contribution is 5.71. The second kappa shape index (κ2) is 7.70. The summed E-state index contributed by atoms with van der Waals surface area (Å²) in [6.45, 7) is 6.27. The molecule has 0 bridgehead atoms. The van der Waals surface area contributed by atoms with Gasteiger partial charge in [-0.15, -0.1) is 0 Å². The van der Waals surface area contributed by atoms with Crippen molar-refractivity contribution < 1.29 is 19.0 Å². The van der Waals surface area contributed by atoms with Gasteiger partial charge in [-0.3, -0.25) is 0 Å². The molecule has 0 aliphatic heterocycles. The van der Waals surface area contributed by atoms with Gasteiger partial charge in [-0.2, -0.15) is 0 Å². The summed E-state index contributed by atoms with van der Waals surface area (Å²) in [6, 6.07) is 11.6. The summed E-state index contributed by atoms with van der Waals surface area (Å²) >= 11 is 0. The monoisotopic (exact) mass is 396 g/mol. The Bertz CT molecular complexity index is 974. The third-order valence-corrected chi connectivity index (χ3v) is 4.69. The Morgan fingerprint density at radius 2 is 1.48 bits per heavy atom. The van der Waals surface area contributed by atoms with E-state index < -0.39 is 0 Å². The number of aromatic nitrogens is 1. The highest BCUT2D eigenvalue weighted by Gasteiger charge is 2.27. The Morgan fingerprint density at radius 3 is 1.93 bits per heavy atom. The minimum atomic E-state index is -0.244. The number of aromatic hydroxyl groups is 1. The number of hydrogen-bond acceptors (Lipinski definition) is 6. The van der Waals surface area contributed by atoms with Gasteiger partial charge in [-0.1, -0.05) is 32.9 Å². The van der Waals surface area contributed by atoms with Crippen molar-refractivity contribution in [3.8, 4) is 40.0 Å². The van der Waals surface area contributed by atoms with Crippen LogP contribution in [0.3, 0.4) is 0 Å². The van der Waals surface area contributed by atoms with E-state index in [9.17, 15) is 5.11 Å². The maximum absolute atomic E-state index is 10.2. The molecule has 0 amide bonds. The molecule has 0 atom stereocenters. The van der Waals surface area contributed by atoms with Gasteiger partial charge < -0.3 is 23.9 Å². The van der Waals surface area contributed by atoms with Crippen LogP contribution in [0, 0.1) is 0 Å². The zero-order valence-electron chi connectivity index (χ0n) is 18.0. The van der Waals surface area contributed by atoms with Crippen molar-refractivity contribution in [2.24, 2.45) is 0 Å². The summed E-state index contributed by atoms with van der Waals surface area (Å²) in [7, 11) is 7.00. The van der Waals surface area contributed by atoms with Crippen molar-refractivity contribution in [1.82, 2.24) is 4.98 Å². The minimum absolute atomic E-state index is 0.0548. The highest BCUT2D eigenvalue weighted by atomic mass is 16.5. The largest absolute Gasteiger partial charge is 0.502 e. The van der Waals surface area contributed by atoms with Crippen LogP contribution in [0.15, 0.2) is 40.8 Å². The molecule has 1 heterocycles. The van der Waals surface area contributed by atoms with E-state index in [1.807, 2.05) is 26.2 Å². The van der Waals surface area contributed by atoms with E-state index in [1.165, 1.54) is 14.2 Å². The number of rotatable bonds is 5. The molecule has 0 saturated carbocycles. The highest BCUT2D eigenvalue weighted by Crippen LogP contribution is 2.42. The minimum Gasteiger partial charge on any atom is -0.502 e. The van der Waals surface area contributed by atoms with E-state index in [2.05, 4.69) is 37.8 Å². The molecular weight excluding hydrogens is 368 g/mol. The Kier molecular flexibility index (Phi) is 5.46. The lowest BCUT2D eigenvalue weighted by Gasteiger charge is -2.17. The molecule has 29 heavy (non-hydrogen) atoms. The van der Waals surface area contributed by atoms with Crippen molar-refractivity contribution in [3.63, 3.8) is 0 Å². The first-order valence-electron chi connectivity index (χ1n) is 9.40. The maximum atomic E-state index is 10.2. The lowest BCUT2D eigenvalue weighted by atomic mass is 9.90. The van der Waals surface area contributed by atoms with Gasteiger partial charge in [-0.25, -0.2) is 4.98 Å². The molecule has 0 spiro atoms. The number of phenolic OH excluding ortho intramolecular Hbond substituents is 1. The number of anilines is 1. The van der Waals surface area contributed by atoms with E-state index in [0.717, 1.165) is 22.7 Å². The van der Waals surface area contributed by atoms with Crippen molar-refractivity contribution >= 4 is 5.69 Å². The maximum Gasteiger partial charge on any atom is 0.227 e. The number of phenols is 1. The predicted octanol–water partition coefficient (Wildman–Crippen LogP) is 5.09. The van der Waals surface area contributed by atoms with Crippen molar-refractivity contribution in [2.75, 3.05) is 33.2 Å². The van der Waals surface area contributed by atoms with Crippen LogP contribution in [0.25, 0.3) is 22.7 Å². The fourth-order valence-electron chi connectivity index (χ4n) is 3.08. The molecule has 0 saturated heterocycles. The van der Waals surface area contributed by atoms with E-state index in [0.29, 0.717) is 23.0 Å². The van der Waals surface area contributed by atoms with E-state index in [4.69, 9.17) is 18.9 Å². The fourth-order valence-corrected chi connectivity index (χ4v) is 3.08. The third kappa shape index (κ3) is 4.01. The first-order chi connectivity index (χ1) is 13.7. The molecule has 6 heteroatoms. The molecule has 154 valence electrons. The summed E-state index contributed by atoms with van der Waals surface area (Å²) in [5.74, 6) is 1.77. The van der Waals surface area contributed by atoms with Gasteiger partial charge in [-0.05, 0) is 24.3 Å². The molecule has 0 radical (unpaired) electrons. The number of nitrogens with zero attached hydrogens (tertiary/aromatic N) is 2. The zero-order chi connectivity index (χ0) is 21.3. The SMILES string of the molecule is COc1cc(-c2nc(-c3ccc(N(C)C)cc3)c(C(C)(C)C)o2)cc(OC)c1O. The van der Waals surface area contributed by atoms with Crippen LogP contribution in [0.5, 0.6) is 17.2 Å². The lowest BCUT2D eigenvalue weighted by molar-refractivity contribution is 0.340. The molecule has 0 unspecified atom stereocenters. The van der Waals surface area contributed by atoms with Gasteiger partial charge in [0.1, 0.15) is 11.5 Å². The summed E-state index contributed by atoms with van der Waals surface area (Å²) in [4.78, 5) is 6.85. The molecule has 0 aliphatic carbocycles. The molecule has 1 N–H and O–H groups in total. The second-order valence-electron chi connectivity index (χ2n) is 8.12. The third-order valence-electron chi connectivity index (χ3n) is 4.69. The number of methoxy groups -OCH3 is 2. The topological polar surface area (TPSA) is 68.0 Å². The van der Waals surface area contributed by atoms with Gasteiger partial charge in [0.2, 0.25) is 11.6 Å². The summed E-state index contributed by atoms with van der Waals surface area (Å²) in [6.07, 6.45) is 0. The van der Waals surface area contributed by atoms with Gasteiger partial charge in [0, 0.05) is 36.3 Å². The van der Waals surface area contributed by atoms with Crippen LogP contribution in [0.1, 0.15) is 26.5 Å². The molecule has 0 fully saturated rings. The molecule has 0 aliphatic rings. The van der Waals surface area contributed by atoms with E-state index in [1.54, 1.807) is 12.1 Å². The van der Waals surface area contributed by atoms with Crippen LogP contribution in [-0.2, 0) is 5.41 Å². The number of ether oxygens (including phenoxy) is 2. The molecule has 2 aromatic carbocycles. The smallest absolute Gasteiger partial charge is 0.227 e. The van der Waals surface area contributed by atoms with E-state index in [-0.39, 0.29) is 11.2 Å². The fraction of sp³-hybridized carbons (Fsp3) is 0.348. The van der Waals surface area contributed by atoms with Gasteiger partial charge in [0.15, 0.2) is 11.5 Å². The van der Waals surface area contributed by atoms with Crippen LogP contribution in [0.2, 0.25) is 0 Å². The van der Waals surface area contributed by atoms with Crippen LogP contribution in [0.4, 0.5) is 5.69 Å². The van der Waals surface area contributed by atoms with Crippen LogP contribution < -0.4 is 14.4 Å². The van der Waals surface area contributed by atoms with Gasteiger partial charge in [0.05, 0.1) is 14.2 Å². The molecule has 3 aromatic rings. The predicted molar refractivity (Wildman–Crippen MR) is 115 cm³/mol. The van der Waals surface area contributed by atoms with Crippen molar-refractivity contribution in [1.29, 1.82) is 0 Å². The average molecular weight is 396 g/mol. The van der Waals surface area contributed by atoms with Crippen molar-refractivity contribution in [3.05, 3.63) is 42.2 Å². The molecule has 3 rings (SSSR count). The summed E-state index contributed by atoms with van der Waals surface area (Å²) < 4.78 is 16.8. The standard InChI is InChI=1S/C23H28N2O4/c1-23(2,3)21-19(14-8-10-16(11-9-14)25(4)5)24-22(29-21)15-12-17(27-6)20(26)18(13-15)28-7/h8-13,26H,1-7H3. The first kappa shape index (κ1) is 20.6. The van der Waals surface area contributed by atoms with E-state index >= 15 is 0 Å². The molecule has 6 nitrogen and oxygen atoms in total. The van der Waals surface area contributed by atoms with Crippen LogP contribution in [-0.4, -0.2) is 38.4 Å². The Hall–Kier alpha value is -3.15. The molecule has 1 aromatic heterocycles. The Morgan fingerprint density at radius 1 is 0.931 bits per heavy atom. The Balaban J connectivity index is 2.16. The van der Waals surface area contributed by atoms with Gasteiger partial charge >= 0.3 is 0 Å². The van der Waals surface area contributed by atoms with Crippen LogP contribution >= 0.6 is 0 Å². The van der Waals surface area contributed by atoms with Gasteiger partial charge in [0.25, 0.3) is 0 Å². The normalized spacial score (nSPS) is 11.4. The second-order valence-corrected chi connectivity index (χ2v) is 8.12. The molecular formula is C23H28N2O4. The lowest BCUT2D eigenvalue weighted by Crippen LogP contribution is -2.11. The average Bonchev–Trinajstić information content (AvgIpc) is 3.14. The first-order valence-corrected chi connectivity index (χ1v) is 9.40. The Labute approximate surface area is 171 Å².